The van der Waals surface area contributed by atoms with Crippen LogP contribution in [0.1, 0.15) is 5.56 Å². The Morgan fingerprint density at radius 2 is 1.86 bits per heavy atom. The van der Waals surface area contributed by atoms with Crippen molar-refractivity contribution in [2.24, 2.45) is 0 Å². The van der Waals surface area contributed by atoms with E-state index in [2.05, 4.69) is 10.1 Å². The van der Waals surface area contributed by atoms with Crippen LogP contribution in [0.25, 0.3) is 27.5 Å². The molecule has 4 aromatic rings. The van der Waals surface area contributed by atoms with Crippen molar-refractivity contribution in [3.05, 3.63) is 70.6 Å². The minimum Gasteiger partial charge on any atom is -0.288 e. The third-order valence-electron chi connectivity index (χ3n) is 3.71. The molecule has 0 spiro atoms. The minimum absolute atomic E-state index is 0.0768. The van der Waals surface area contributed by atoms with Crippen LogP contribution in [0.5, 0.6) is 0 Å². The summed E-state index contributed by atoms with van der Waals surface area (Å²) in [6.07, 6.45) is 1.76. The Hall–Kier alpha value is -2.88. The number of H-pyrrole nitrogens is 1. The summed E-state index contributed by atoms with van der Waals surface area (Å²) in [5.41, 5.74) is 1.83. The Kier molecular flexibility index (Phi) is 2.44. The van der Waals surface area contributed by atoms with Crippen LogP contribution in [0.3, 0.4) is 0 Å². The molecule has 1 N–H and O–H groups in total. The van der Waals surface area contributed by atoms with Crippen LogP contribution in [0.15, 0.2) is 59.5 Å². The van der Waals surface area contributed by atoms with E-state index in [-0.39, 0.29) is 5.56 Å². The van der Waals surface area contributed by atoms with E-state index in [0.717, 1.165) is 21.9 Å². The Bertz CT molecular complexity index is 1010. The molecule has 0 aliphatic carbocycles. The van der Waals surface area contributed by atoms with Crippen molar-refractivity contribution in [3.8, 4) is 5.82 Å². The van der Waals surface area contributed by atoms with Gasteiger partial charge in [0.25, 0.3) is 5.56 Å². The van der Waals surface area contributed by atoms with Gasteiger partial charge in [-0.3, -0.25) is 9.89 Å². The number of hydrogen-bond donors (Lipinski definition) is 1. The van der Waals surface area contributed by atoms with Crippen molar-refractivity contribution in [2.75, 3.05) is 0 Å². The van der Waals surface area contributed by atoms with Crippen molar-refractivity contribution in [2.45, 2.75) is 6.92 Å². The molecule has 4 rings (SSSR count). The van der Waals surface area contributed by atoms with E-state index in [1.165, 1.54) is 4.68 Å². The van der Waals surface area contributed by atoms with Gasteiger partial charge in [0.1, 0.15) is 0 Å². The Morgan fingerprint density at radius 3 is 2.67 bits per heavy atom. The zero-order valence-electron chi connectivity index (χ0n) is 11.5. The van der Waals surface area contributed by atoms with Crippen LogP contribution in [0.2, 0.25) is 0 Å². The molecule has 0 radical (unpaired) electrons. The molecule has 0 fully saturated rings. The minimum atomic E-state index is -0.0768. The molecule has 0 bridgehead atoms. The van der Waals surface area contributed by atoms with E-state index in [9.17, 15) is 4.79 Å². The summed E-state index contributed by atoms with van der Waals surface area (Å²) in [4.78, 5) is 16.9. The number of nitrogens with one attached hydrogen (secondary N) is 1. The molecule has 102 valence electrons. The summed E-state index contributed by atoms with van der Waals surface area (Å²) in [6, 6.07) is 15.6. The third-order valence-corrected chi connectivity index (χ3v) is 3.71. The van der Waals surface area contributed by atoms with Crippen LogP contribution < -0.4 is 5.56 Å². The second-order valence-corrected chi connectivity index (χ2v) is 5.16. The van der Waals surface area contributed by atoms with Gasteiger partial charge >= 0.3 is 0 Å². The van der Waals surface area contributed by atoms with Gasteiger partial charge in [0.15, 0.2) is 5.82 Å². The highest BCUT2D eigenvalue weighted by molar-refractivity contribution is 6.04. The lowest BCUT2D eigenvalue weighted by Crippen LogP contribution is -2.15. The standard InChI is InChI=1S/C17H13N3O/c1-11-6-9-15(18-10-11)20-17(21)14-8-7-12-4-2-3-5-13(12)16(14)19-20/h2-10,19H,1H3. The summed E-state index contributed by atoms with van der Waals surface area (Å²) < 4.78 is 1.50. The summed E-state index contributed by atoms with van der Waals surface area (Å²) in [5, 5.41) is 6.01. The fraction of sp³-hybridized carbons (Fsp3) is 0.0588. The first-order valence-corrected chi connectivity index (χ1v) is 6.79. The Morgan fingerprint density at radius 1 is 1.00 bits per heavy atom. The van der Waals surface area contributed by atoms with Gasteiger partial charge in [-0.25, -0.2) is 9.67 Å². The summed E-state index contributed by atoms with van der Waals surface area (Å²) in [6.45, 7) is 1.97. The maximum atomic E-state index is 12.5. The zero-order valence-corrected chi connectivity index (χ0v) is 11.5. The van der Waals surface area contributed by atoms with Gasteiger partial charge < -0.3 is 0 Å². The summed E-state index contributed by atoms with van der Waals surface area (Å²) >= 11 is 0. The van der Waals surface area contributed by atoms with E-state index >= 15 is 0 Å². The number of benzene rings is 2. The van der Waals surface area contributed by atoms with Crippen LogP contribution in [-0.4, -0.2) is 14.8 Å². The number of aromatic nitrogens is 3. The topological polar surface area (TPSA) is 50.7 Å². The highest BCUT2D eigenvalue weighted by Gasteiger charge is 2.11. The second-order valence-electron chi connectivity index (χ2n) is 5.16. The largest absolute Gasteiger partial charge is 0.288 e. The number of hydrogen-bond acceptors (Lipinski definition) is 2. The maximum absolute atomic E-state index is 12.5. The smallest absolute Gasteiger partial charge is 0.280 e. The van der Waals surface area contributed by atoms with E-state index in [1.54, 1.807) is 6.20 Å². The van der Waals surface area contributed by atoms with Crippen LogP contribution in [0, 0.1) is 6.92 Å². The van der Waals surface area contributed by atoms with Crippen molar-refractivity contribution in [1.82, 2.24) is 14.8 Å². The molecular formula is C17H13N3O. The molecule has 0 aliphatic heterocycles. The summed E-state index contributed by atoms with van der Waals surface area (Å²) in [7, 11) is 0. The van der Waals surface area contributed by atoms with Gasteiger partial charge in [-0.05, 0) is 30.0 Å². The quantitative estimate of drug-likeness (QED) is 0.580. The molecule has 2 heterocycles. The lowest BCUT2D eigenvalue weighted by Gasteiger charge is -2.00. The first-order valence-electron chi connectivity index (χ1n) is 6.79. The molecule has 2 aromatic carbocycles. The second kappa shape index (κ2) is 4.31. The van der Waals surface area contributed by atoms with E-state index in [4.69, 9.17) is 0 Å². The van der Waals surface area contributed by atoms with Crippen LogP contribution >= 0.6 is 0 Å². The predicted molar refractivity (Wildman–Crippen MR) is 83.9 cm³/mol. The van der Waals surface area contributed by atoms with Crippen LogP contribution in [0.4, 0.5) is 0 Å². The maximum Gasteiger partial charge on any atom is 0.280 e. The highest BCUT2D eigenvalue weighted by Crippen LogP contribution is 2.22. The first kappa shape index (κ1) is 11.9. The molecule has 4 heteroatoms. The zero-order chi connectivity index (χ0) is 14.4. The molecule has 0 saturated carbocycles. The SMILES string of the molecule is Cc1ccc(-n2[nH]c3c(ccc4ccccc43)c2=O)nc1. The molecule has 4 nitrogen and oxygen atoms in total. The van der Waals surface area contributed by atoms with Crippen molar-refractivity contribution in [1.29, 1.82) is 0 Å². The van der Waals surface area contributed by atoms with Gasteiger partial charge in [0.05, 0.1) is 10.9 Å². The Balaban J connectivity index is 2.07. The van der Waals surface area contributed by atoms with Crippen LogP contribution in [-0.2, 0) is 0 Å². The van der Waals surface area contributed by atoms with E-state index in [1.807, 2.05) is 55.5 Å². The molecule has 0 aliphatic rings. The lowest BCUT2D eigenvalue weighted by molar-refractivity contribution is 0.830. The molecule has 21 heavy (non-hydrogen) atoms. The van der Waals surface area contributed by atoms with Gasteiger partial charge in [-0.2, -0.15) is 0 Å². The molecule has 0 amide bonds. The fourth-order valence-corrected chi connectivity index (χ4v) is 2.61. The van der Waals surface area contributed by atoms with Gasteiger partial charge in [0.2, 0.25) is 0 Å². The fourth-order valence-electron chi connectivity index (χ4n) is 2.61. The predicted octanol–water partition coefficient (Wildman–Crippen LogP) is 3.18. The number of fused-ring (bicyclic) bond motifs is 3. The molecule has 0 atom stereocenters. The average molecular weight is 275 g/mol. The molecular weight excluding hydrogens is 262 g/mol. The summed E-state index contributed by atoms with van der Waals surface area (Å²) in [5.74, 6) is 0.603. The molecule has 2 aromatic heterocycles. The van der Waals surface area contributed by atoms with Gasteiger partial charge in [0, 0.05) is 11.6 Å². The van der Waals surface area contributed by atoms with Gasteiger partial charge in [-0.1, -0.05) is 36.4 Å². The lowest BCUT2D eigenvalue weighted by atomic mass is 10.1. The number of rotatable bonds is 1. The molecule has 0 unspecified atom stereocenters. The van der Waals surface area contributed by atoms with E-state index in [0.29, 0.717) is 11.2 Å². The number of nitrogens with zero attached hydrogens (tertiary/aromatic N) is 2. The Labute approximate surface area is 120 Å². The normalized spacial score (nSPS) is 11.3. The van der Waals surface area contributed by atoms with Gasteiger partial charge in [-0.15, -0.1) is 0 Å². The van der Waals surface area contributed by atoms with Crippen molar-refractivity contribution >= 4 is 21.7 Å². The number of aromatic amines is 1. The molecule has 0 saturated heterocycles. The van der Waals surface area contributed by atoms with E-state index < -0.39 is 0 Å². The third kappa shape index (κ3) is 1.76. The average Bonchev–Trinajstić information content (AvgIpc) is 2.86. The number of aryl methyl sites for hydroxylation is 1. The highest BCUT2D eigenvalue weighted by atomic mass is 16.1. The number of pyridine rings is 1. The first-order chi connectivity index (χ1) is 10.2. The monoisotopic (exact) mass is 275 g/mol. The van der Waals surface area contributed by atoms with Crippen molar-refractivity contribution < 1.29 is 0 Å². The van der Waals surface area contributed by atoms with Crippen molar-refractivity contribution in [3.63, 3.8) is 0 Å².